The highest BCUT2D eigenvalue weighted by atomic mass is 35.5. The molecule has 0 saturated carbocycles. The van der Waals surface area contributed by atoms with Crippen molar-refractivity contribution in [3.05, 3.63) is 40.8 Å². The van der Waals surface area contributed by atoms with Crippen molar-refractivity contribution in [2.45, 2.75) is 13.0 Å². The normalized spacial score (nSPS) is 12.4. The summed E-state index contributed by atoms with van der Waals surface area (Å²) in [6.45, 7) is 1.80. The topological polar surface area (TPSA) is 92.0 Å². The number of benzene rings is 1. The van der Waals surface area contributed by atoms with Gasteiger partial charge in [0.1, 0.15) is 5.82 Å². The lowest BCUT2D eigenvalue weighted by atomic mass is 10.1. The Balaban J connectivity index is 2.48. The maximum atomic E-state index is 10.8. The standard InChI is InChI=1S/C12H12ClN3O2/c1-6-10(7-4-2-3-5-8(7)13)16-11(15-6)9(14)12(17)18/h2-5,9H,14H2,1H3,(H,15,16)(H,17,18). The van der Waals surface area contributed by atoms with Crippen molar-refractivity contribution in [1.29, 1.82) is 0 Å². The van der Waals surface area contributed by atoms with Gasteiger partial charge in [-0.25, -0.2) is 4.98 Å². The van der Waals surface area contributed by atoms with Crippen molar-refractivity contribution in [2.75, 3.05) is 0 Å². The molecular formula is C12H12ClN3O2. The fraction of sp³-hybridized carbons (Fsp3) is 0.167. The van der Waals surface area contributed by atoms with Gasteiger partial charge in [-0.05, 0) is 13.0 Å². The average Bonchev–Trinajstić information content (AvgIpc) is 2.71. The quantitative estimate of drug-likeness (QED) is 0.793. The Kier molecular flexibility index (Phi) is 3.36. The van der Waals surface area contributed by atoms with Crippen LogP contribution in [0.15, 0.2) is 24.3 Å². The molecular weight excluding hydrogens is 254 g/mol. The van der Waals surface area contributed by atoms with Gasteiger partial charge in [0.15, 0.2) is 6.04 Å². The van der Waals surface area contributed by atoms with Gasteiger partial charge in [-0.15, -0.1) is 0 Å². The smallest absolute Gasteiger partial charge is 0.328 e. The molecule has 0 spiro atoms. The van der Waals surface area contributed by atoms with E-state index in [4.69, 9.17) is 22.4 Å². The zero-order valence-electron chi connectivity index (χ0n) is 9.64. The number of nitrogens with one attached hydrogen (secondary N) is 1. The molecule has 0 aliphatic rings. The number of rotatable bonds is 3. The summed E-state index contributed by atoms with van der Waals surface area (Å²) in [6, 6.07) is 6.06. The van der Waals surface area contributed by atoms with Gasteiger partial charge >= 0.3 is 5.97 Å². The molecule has 0 saturated heterocycles. The van der Waals surface area contributed by atoms with E-state index in [0.29, 0.717) is 10.7 Å². The molecule has 1 aromatic carbocycles. The summed E-state index contributed by atoms with van der Waals surface area (Å²) < 4.78 is 0. The first-order valence-corrected chi connectivity index (χ1v) is 5.68. The number of imidazole rings is 1. The van der Waals surface area contributed by atoms with Crippen molar-refractivity contribution in [2.24, 2.45) is 5.73 Å². The Hall–Kier alpha value is -1.85. The van der Waals surface area contributed by atoms with E-state index in [9.17, 15) is 4.79 Å². The number of nitrogens with two attached hydrogens (primary N) is 1. The molecule has 94 valence electrons. The number of nitrogens with zero attached hydrogens (tertiary/aromatic N) is 1. The first-order chi connectivity index (χ1) is 8.50. The molecule has 0 radical (unpaired) electrons. The summed E-state index contributed by atoms with van der Waals surface area (Å²) in [4.78, 5) is 17.9. The first kappa shape index (κ1) is 12.6. The zero-order chi connectivity index (χ0) is 13.3. The minimum Gasteiger partial charge on any atom is -0.480 e. The summed E-state index contributed by atoms with van der Waals surface area (Å²) in [6.07, 6.45) is 0. The number of hydrogen-bond acceptors (Lipinski definition) is 3. The van der Waals surface area contributed by atoms with E-state index in [0.717, 1.165) is 11.3 Å². The van der Waals surface area contributed by atoms with E-state index in [1.165, 1.54) is 0 Å². The number of aromatic amines is 1. The Morgan fingerprint density at radius 2 is 2.17 bits per heavy atom. The van der Waals surface area contributed by atoms with Gasteiger partial charge in [0, 0.05) is 11.3 Å². The van der Waals surface area contributed by atoms with Crippen LogP contribution in [0.5, 0.6) is 0 Å². The number of carboxylic acid groups (broad SMARTS) is 1. The van der Waals surface area contributed by atoms with Crippen LogP contribution in [0.2, 0.25) is 5.02 Å². The van der Waals surface area contributed by atoms with E-state index >= 15 is 0 Å². The second-order valence-electron chi connectivity index (χ2n) is 3.89. The van der Waals surface area contributed by atoms with Crippen LogP contribution < -0.4 is 5.73 Å². The van der Waals surface area contributed by atoms with E-state index in [1.807, 2.05) is 18.2 Å². The molecule has 18 heavy (non-hydrogen) atoms. The summed E-state index contributed by atoms with van der Waals surface area (Å²) in [7, 11) is 0. The second kappa shape index (κ2) is 4.80. The monoisotopic (exact) mass is 265 g/mol. The van der Waals surface area contributed by atoms with E-state index in [2.05, 4.69) is 9.97 Å². The van der Waals surface area contributed by atoms with Gasteiger partial charge in [0.2, 0.25) is 0 Å². The molecule has 1 heterocycles. The number of hydrogen-bond donors (Lipinski definition) is 3. The number of H-pyrrole nitrogens is 1. The molecule has 5 nitrogen and oxygen atoms in total. The summed E-state index contributed by atoms with van der Waals surface area (Å²) in [5, 5.41) is 9.41. The summed E-state index contributed by atoms with van der Waals surface area (Å²) >= 11 is 6.08. The van der Waals surface area contributed by atoms with Crippen LogP contribution >= 0.6 is 11.6 Å². The minimum absolute atomic E-state index is 0.218. The Labute approximate surface area is 109 Å². The number of aryl methyl sites for hydroxylation is 1. The lowest BCUT2D eigenvalue weighted by Crippen LogP contribution is -2.21. The van der Waals surface area contributed by atoms with Gasteiger partial charge < -0.3 is 15.8 Å². The Morgan fingerprint density at radius 3 is 2.78 bits per heavy atom. The lowest BCUT2D eigenvalue weighted by Gasteiger charge is -2.01. The number of carboxylic acids is 1. The molecule has 4 N–H and O–H groups in total. The van der Waals surface area contributed by atoms with Gasteiger partial charge in [-0.1, -0.05) is 29.8 Å². The van der Waals surface area contributed by atoms with E-state index < -0.39 is 12.0 Å². The predicted molar refractivity (Wildman–Crippen MR) is 68.3 cm³/mol. The van der Waals surface area contributed by atoms with Gasteiger partial charge in [-0.3, -0.25) is 4.79 Å². The molecule has 1 aromatic heterocycles. The molecule has 1 atom stereocenters. The Morgan fingerprint density at radius 1 is 1.50 bits per heavy atom. The minimum atomic E-state index is -1.17. The largest absolute Gasteiger partial charge is 0.480 e. The third-order valence-corrected chi connectivity index (χ3v) is 2.92. The molecule has 0 amide bonds. The molecule has 0 fully saturated rings. The van der Waals surface area contributed by atoms with E-state index in [-0.39, 0.29) is 5.82 Å². The molecule has 1 unspecified atom stereocenters. The maximum Gasteiger partial charge on any atom is 0.328 e. The third-order valence-electron chi connectivity index (χ3n) is 2.59. The number of aliphatic carboxylic acids is 1. The fourth-order valence-corrected chi connectivity index (χ4v) is 1.89. The highest BCUT2D eigenvalue weighted by Crippen LogP contribution is 2.29. The number of halogens is 1. The van der Waals surface area contributed by atoms with Gasteiger partial charge in [0.25, 0.3) is 0 Å². The van der Waals surface area contributed by atoms with Crippen LogP contribution in [0.4, 0.5) is 0 Å². The van der Waals surface area contributed by atoms with Crippen LogP contribution in [0.1, 0.15) is 17.6 Å². The van der Waals surface area contributed by atoms with Crippen molar-refractivity contribution in [3.63, 3.8) is 0 Å². The van der Waals surface area contributed by atoms with Crippen LogP contribution in [-0.4, -0.2) is 21.0 Å². The summed E-state index contributed by atoms with van der Waals surface area (Å²) in [5.41, 5.74) is 7.61. The van der Waals surface area contributed by atoms with Crippen LogP contribution in [-0.2, 0) is 4.79 Å². The molecule has 6 heteroatoms. The van der Waals surface area contributed by atoms with Gasteiger partial charge in [0.05, 0.1) is 10.7 Å². The van der Waals surface area contributed by atoms with Crippen LogP contribution in [0.25, 0.3) is 11.3 Å². The Bertz CT molecular complexity index is 595. The number of aromatic nitrogens is 2. The van der Waals surface area contributed by atoms with Gasteiger partial charge in [-0.2, -0.15) is 0 Å². The molecule has 2 aromatic rings. The molecule has 0 bridgehead atoms. The van der Waals surface area contributed by atoms with Crippen LogP contribution in [0.3, 0.4) is 0 Å². The van der Waals surface area contributed by atoms with Crippen molar-refractivity contribution in [3.8, 4) is 11.3 Å². The van der Waals surface area contributed by atoms with Crippen molar-refractivity contribution < 1.29 is 9.90 Å². The SMILES string of the molecule is Cc1[nH]c(C(N)C(=O)O)nc1-c1ccccc1Cl. The predicted octanol–water partition coefficient (Wildman–Crippen LogP) is 2.12. The average molecular weight is 266 g/mol. The first-order valence-electron chi connectivity index (χ1n) is 5.30. The molecule has 2 rings (SSSR count). The highest BCUT2D eigenvalue weighted by Gasteiger charge is 2.20. The molecule has 0 aliphatic carbocycles. The summed E-state index contributed by atoms with van der Waals surface area (Å²) in [5.74, 6) is -0.913. The molecule has 0 aliphatic heterocycles. The fourth-order valence-electron chi connectivity index (χ4n) is 1.66. The number of carbonyl (C=O) groups is 1. The maximum absolute atomic E-state index is 10.8. The lowest BCUT2D eigenvalue weighted by molar-refractivity contribution is -0.138. The highest BCUT2D eigenvalue weighted by molar-refractivity contribution is 6.33. The van der Waals surface area contributed by atoms with Crippen molar-refractivity contribution >= 4 is 17.6 Å². The van der Waals surface area contributed by atoms with Crippen LogP contribution in [0, 0.1) is 6.92 Å². The zero-order valence-corrected chi connectivity index (χ0v) is 10.4. The second-order valence-corrected chi connectivity index (χ2v) is 4.30. The van der Waals surface area contributed by atoms with E-state index in [1.54, 1.807) is 13.0 Å². The van der Waals surface area contributed by atoms with Crippen molar-refractivity contribution in [1.82, 2.24) is 9.97 Å². The third kappa shape index (κ3) is 2.23.